The van der Waals surface area contributed by atoms with Crippen LogP contribution in [0, 0.1) is 42.4 Å². The van der Waals surface area contributed by atoms with Gasteiger partial charge >= 0.3 is 0 Å². The number of allylic oxidation sites excluding steroid dienone is 1. The highest BCUT2D eigenvalue weighted by atomic mass is 32.3. The Labute approximate surface area is 217 Å². The van der Waals surface area contributed by atoms with Gasteiger partial charge in [-0.1, -0.05) is 71.6 Å². The quantitative estimate of drug-likeness (QED) is 0.441. The van der Waals surface area contributed by atoms with Gasteiger partial charge in [0.05, 0.1) is 9.79 Å². The molecule has 5 atom stereocenters. The van der Waals surface area contributed by atoms with Gasteiger partial charge in [0.25, 0.3) is 10.0 Å². The largest absolute Gasteiger partial charge is 0.291 e. The molecule has 2 fully saturated rings. The van der Waals surface area contributed by atoms with E-state index < -0.39 is 19.9 Å². The molecule has 5 rings (SSSR count). The van der Waals surface area contributed by atoms with Crippen LogP contribution in [-0.2, 0) is 19.9 Å². The Morgan fingerprint density at radius 1 is 0.917 bits per heavy atom. The van der Waals surface area contributed by atoms with Gasteiger partial charge in [-0.05, 0) is 92.4 Å². The zero-order valence-electron chi connectivity index (χ0n) is 22.0. The molecule has 3 aliphatic carbocycles. The lowest BCUT2D eigenvalue weighted by Crippen LogP contribution is -2.33. The van der Waals surface area contributed by atoms with Crippen LogP contribution >= 0.6 is 0 Å². The molecule has 1 spiro atoms. The van der Waals surface area contributed by atoms with Crippen molar-refractivity contribution in [3.05, 3.63) is 71.3 Å². The van der Waals surface area contributed by atoms with Crippen LogP contribution < -0.4 is 4.72 Å². The Kier molecular flexibility index (Phi) is 6.29. The molecular formula is C29H38N2O3S2. The lowest BCUT2D eigenvalue weighted by atomic mass is 9.68. The van der Waals surface area contributed by atoms with Gasteiger partial charge in [-0.3, -0.25) is 0 Å². The minimum atomic E-state index is -4.13. The summed E-state index contributed by atoms with van der Waals surface area (Å²) >= 11 is 0. The Morgan fingerprint density at radius 3 is 2.11 bits per heavy atom. The molecule has 2 aromatic carbocycles. The number of hydrogen-bond donors (Lipinski definition) is 1. The molecule has 36 heavy (non-hydrogen) atoms. The van der Waals surface area contributed by atoms with Crippen molar-refractivity contribution in [3.8, 4) is 0 Å². The monoisotopic (exact) mass is 526 g/mol. The third-order valence-corrected chi connectivity index (χ3v) is 13.4. The van der Waals surface area contributed by atoms with E-state index in [0.717, 1.165) is 23.5 Å². The van der Waals surface area contributed by atoms with Gasteiger partial charge in [0, 0.05) is 6.54 Å². The van der Waals surface area contributed by atoms with E-state index in [-0.39, 0.29) is 10.3 Å². The first-order valence-corrected chi connectivity index (χ1v) is 15.9. The van der Waals surface area contributed by atoms with E-state index in [1.807, 2.05) is 26.0 Å². The molecule has 1 unspecified atom stereocenters. The molecule has 1 N–H and O–H groups in total. The summed E-state index contributed by atoms with van der Waals surface area (Å²) in [5, 5.41) is 0. The predicted octanol–water partition coefficient (Wildman–Crippen LogP) is 6.43. The predicted molar refractivity (Wildman–Crippen MR) is 145 cm³/mol. The molecule has 5 nitrogen and oxygen atoms in total. The van der Waals surface area contributed by atoms with Crippen molar-refractivity contribution < 1.29 is 12.6 Å². The second-order valence-electron chi connectivity index (χ2n) is 11.8. The van der Waals surface area contributed by atoms with E-state index >= 15 is 0 Å². The SMILES string of the molecule is Cc1ccc(S(=O)(=O)N=S(=O)(NCC2=CC[C@@]34C[C@@H]2C(C)(C)[C@@H]3CC[C@H]4C)c2ccc(C)cc2)cc1. The van der Waals surface area contributed by atoms with Crippen molar-refractivity contribution in [1.82, 2.24) is 4.72 Å². The van der Waals surface area contributed by atoms with Crippen LogP contribution in [0.2, 0.25) is 0 Å². The minimum Gasteiger partial charge on any atom is -0.228 e. The summed E-state index contributed by atoms with van der Waals surface area (Å²) in [5.41, 5.74) is 3.76. The van der Waals surface area contributed by atoms with E-state index in [4.69, 9.17) is 0 Å². The first-order chi connectivity index (χ1) is 16.9. The number of rotatable bonds is 6. The number of aryl methyl sites for hydroxylation is 2. The summed E-state index contributed by atoms with van der Waals surface area (Å²) in [6.45, 7) is 11.4. The average molecular weight is 527 g/mol. The molecule has 0 radical (unpaired) electrons. The van der Waals surface area contributed by atoms with Crippen molar-refractivity contribution in [2.24, 2.45) is 32.4 Å². The number of nitrogens with zero attached hydrogens (tertiary/aromatic N) is 1. The molecule has 3 aliphatic rings. The first-order valence-electron chi connectivity index (χ1n) is 13.0. The Hall–Kier alpha value is -1.96. The maximum atomic E-state index is 14.3. The molecule has 7 heteroatoms. The van der Waals surface area contributed by atoms with Gasteiger partial charge in [0.15, 0.2) is 9.92 Å². The third-order valence-electron chi connectivity index (χ3n) is 9.47. The number of benzene rings is 2. The summed E-state index contributed by atoms with van der Waals surface area (Å²) in [5.74, 6) is 1.83. The van der Waals surface area contributed by atoms with Gasteiger partial charge in [0.1, 0.15) is 0 Å². The van der Waals surface area contributed by atoms with Gasteiger partial charge in [0.2, 0.25) is 0 Å². The van der Waals surface area contributed by atoms with Crippen LogP contribution in [-0.4, -0.2) is 19.2 Å². The van der Waals surface area contributed by atoms with E-state index in [1.165, 1.54) is 37.0 Å². The van der Waals surface area contributed by atoms with Crippen molar-refractivity contribution in [1.29, 1.82) is 0 Å². The van der Waals surface area contributed by atoms with Gasteiger partial charge < -0.3 is 0 Å². The van der Waals surface area contributed by atoms with Crippen LogP contribution in [0.15, 0.2) is 73.7 Å². The van der Waals surface area contributed by atoms with Crippen LogP contribution in [0.25, 0.3) is 0 Å². The maximum Gasteiger partial charge on any atom is 0.291 e. The van der Waals surface area contributed by atoms with Gasteiger partial charge in [-0.25, -0.2) is 8.93 Å². The van der Waals surface area contributed by atoms with Crippen LogP contribution in [0.4, 0.5) is 0 Å². The molecule has 2 saturated carbocycles. The Morgan fingerprint density at radius 2 is 1.50 bits per heavy atom. The summed E-state index contributed by atoms with van der Waals surface area (Å²) < 4.78 is 48.0. The van der Waals surface area contributed by atoms with E-state index in [0.29, 0.717) is 28.7 Å². The summed E-state index contributed by atoms with van der Waals surface area (Å²) in [6.07, 6.45) is 7.17. The topological polar surface area (TPSA) is 75.6 Å². The van der Waals surface area contributed by atoms with Crippen molar-refractivity contribution in [2.45, 2.75) is 70.1 Å². The van der Waals surface area contributed by atoms with Gasteiger partial charge in [-0.15, -0.1) is 0 Å². The standard InChI is InChI=1S/C29H38N2O3S2/c1-20-6-11-24(12-7-20)35(32,31-36(33,34)25-13-8-21(2)9-14-25)30-19-23-16-17-29-18-26(23)28(4,5)27(29)15-10-22(29)3/h6-9,11-14,16,22,26-27H,10,15,17-19H2,1-5H3,(H,30,31,32)/t22-,26+,27+,29+,35?/m1/s1. The third kappa shape index (κ3) is 4.17. The Bertz CT molecular complexity index is 1420. The molecule has 194 valence electrons. The minimum absolute atomic E-state index is 0.0484. The van der Waals surface area contributed by atoms with E-state index in [2.05, 4.69) is 35.3 Å². The van der Waals surface area contributed by atoms with E-state index in [1.54, 1.807) is 24.3 Å². The van der Waals surface area contributed by atoms with Crippen LogP contribution in [0.5, 0.6) is 0 Å². The summed E-state index contributed by atoms with van der Waals surface area (Å²) in [6, 6.07) is 13.6. The normalized spacial score (nSPS) is 30.4. The number of sulfonamides is 1. The number of nitrogens with one attached hydrogen (secondary N) is 1. The molecular weight excluding hydrogens is 488 g/mol. The van der Waals surface area contributed by atoms with Crippen molar-refractivity contribution in [3.63, 3.8) is 0 Å². The Balaban J connectivity index is 1.50. The van der Waals surface area contributed by atoms with Gasteiger partial charge in [-0.2, -0.15) is 8.42 Å². The highest BCUT2D eigenvalue weighted by molar-refractivity contribution is 8.02. The maximum absolute atomic E-state index is 14.3. The van der Waals surface area contributed by atoms with Crippen LogP contribution in [0.3, 0.4) is 0 Å². The molecule has 2 bridgehead atoms. The molecule has 0 heterocycles. The fraction of sp³-hybridized carbons (Fsp3) is 0.517. The smallest absolute Gasteiger partial charge is 0.228 e. The lowest BCUT2D eigenvalue weighted by Gasteiger charge is -2.37. The molecule has 2 aromatic rings. The summed E-state index contributed by atoms with van der Waals surface area (Å²) in [4.78, 5) is 0.431. The second-order valence-corrected chi connectivity index (χ2v) is 15.7. The number of fused-ring (bicyclic) bond motifs is 1. The molecule has 0 aromatic heterocycles. The van der Waals surface area contributed by atoms with Crippen molar-refractivity contribution >= 4 is 19.9 Å². The molecule has 0 amide bonds. The zero-order chi connectivity index (χ0) is 25.9. The van der Waals surface area contributed by atoms with Crippen molar-refractivity contribution in [2.75, 3.05) is 6.54 Å². The highest BCUT2D eigenvalue weighted by Gasteiger charge is 2.63. The summed E-state index contributed by atoms with van der Waals surface area (Å²) in [7, 11) is -7.57. The molecule has 0 aliphatic heterocycles. The second kappa shape index (κ2) is 8.81. The fourth-order valence-electron chi connectivity index (χ4n) is 7.32. The lowest BCUT2D eigenvalue weighted by molar-refractivity contribution is 0.128. The van der Waals surface area contributed by atoms with E-state index in [9.17, 15) is 12.6 Å². The molecule has 0 saturated heterocycles. The average Bonchev–Trinajstić information content (AvgIpc) is 3.23. The number of hydrogen-bond acceptors (Lipinski definition) is 3. The highest BCUT2D eigenvalue weighted by Crippen LogP contribution is 2.71. The first kappa shape index (κ1) is 25.7. The fourth-order valence-corrected chi connectivity index (χ4v) is 10.8. The van der Waals surface area contributed by atoms with Crippen LogP contribution in [0.1, 0.15) is 57.6 Å². The zero-order valence-corrected chi connectivity index (χ0v) is 23.6.